The summed E-state index contributed by atoms with van der Waals surface area (Å²) in [4.78, 5) is 0. The molecule has 1 N–H and O–H groups in total. The van der Waals surface area contributed by atoms with Gasteiger partial charge in [0.25, 0.3) is 0 Å². The highest BCUT2D eigenvalue weighted by Gasteiger charge is 1.99. The summed E-state index contributed by atoms with van der Waals surface area (Å²) in [6, 6.07) is 5.01. The van der Waals surface area contributed by atoms with Gasteiger partial charge in [0.1, 0.15) is 5.82 Å². The van der Waals surface area contributed by atoms with Crippen LogP contribution >= 0.6 is 15.9 Å². The van der Waals surface area contributed by atoms with Gasteiger partial charge in [-0.2, -0.15) is 0 Å². The van der Waals surface area contributed by atoms with Gasteiger partial charge in [-0.3, -0.25) is 0 Å². The highest BCUT2D eigenvalue weighted by molar-refractivity contribution is 9.10. The van der Waals surface area contributed by atoms with Crippen molar-refractivity contribution < 1.29 is 4.39 Å². The summed E-state index contributed by atoms with van der Waals surface area (Å²) in [5.74, 6) is 2.20. The van der Waals surface area contributed by atoms with E-state index in [1.165, 1.54) is 6.07 Å². The van der Waals surface area contributed by atoms with E-state index < -0.39 is 0 Å². The second-order valence-electron chi connectivity index (χ2n) is 2.56. The normalized spacial score (nSPS) is 9.62. The fourth-order valence-corrected chi connectivity index (χ4v) is 1.18. The Bertz CT molecular complexity index is 330. The van der Waals surface area contributed by atoms with Crippen LogP contribution in [0.5, 0.6) is 0 Å². The van der Waals surface area contributed by atoms with Gasteiger partial charge >= 0.3 is 0 Å². The van der Waals surface area contributed by atoms with Gasteiger partial charge in [0, 0.05) is 6.54 Å². The Labute approximate surface area is 85.5 Å². The Balaban J connectivity index is 2.59. The van der Waals surface area contributed by atoms with Crippen LogP contribution < -0.4 is 5.32 Å². The van der Waals surface area contributed by atoms with E-state index in [9.17, 15) is 4.39 Å². The van der Waals surface area contributed by atoms with Crippen LogP contribution in [0.3, 0.4) is 0 Å². The topological polar surface area (TPSA) is 12.0 Å². The lowest BCUT2D eigenvalue weighted by Gasteiger charge is -2.02. The smallest absolute Gasteiger partial charge is 0.137 e. The predicted octanol–water partition coefficient (Wildman–Crippen LogP) is 2.31. The van der Waals surface area contributed by atoms with Gasteiger partial charge in [-0.15, -0.1) is 6.42 Å². The first-order valence-electron chi connectivity index (χ1n) is 3.82. The van der Waals surface area contributed by atoms with E-state index in [-0.39, 0.29) is 5.82 Å². The van der Waals surface area contributed by atoms with E-state index in [1.54, 1.807) is 6.07 Å². The van der Waals surface area contributed by atoms with Crippen molar-refractivity contribution in [3.8, 4) is 12.3 Å². The van der Waals surface area contributed by atoms with E-state index in [1.807, 2.05) is 6.07 Å². The van der Waals surface area contributed by atoms with Gasteiger partial charge in [0.05, 0.1) is 11.0 Å². The SMILES string of the molecule is C#CCNCc1ccc(Br)c(F)c1. The minimum atomic E-state index is -0.250. The lowest BCUT2D eigenvalue weighted by atomic mass is 10.2. The molecule has 68 valence electrons. The Hall–Kier alpha value is -0.850. The molecule has 0 aromatic heterocycles. The third-order valence-electron chi connectivity index (χ3n) is 1.54. The molecule has 0 aliphatic carbocycles. The highest BCUT2D eigenvalue weighted by Crippen LogP contribution is 2.15. The number of halogens is 2. The summed E-state index contributed by atoms with van der Waals surface area (Å²) in [5, 5.41) is 2.98. The molecule has 0 amide bonds. The summed E-state index contributed by atoms with van der Waals surface area (Å²) < 4.78 is 13.5. The molecule has 0 unspecified atom stereocenters. The Morgan fingerprint density at radius 3 is 2.92 bits per heavy atom. The summed E-state index contributed by atoms with van der Waals surface area (Å²) in [7, 11) is 0. The molecule has 0 saturated carbocycles. The molecule has 0 aliphatic rings. The molecule has 13 heavy (non-hydrogen) atoms. The van der Waals surface area contributed by atoms with Gasteiger partial charge in [-0.05, 0) is 33.6 Å². The molecule has 1 nitrogen and oxygen atoms in total. The van der Waals surface area contributed by atoms with Crippen molar-refractivity contribution in [3.63, 3.8) is 0 Å². The molecular weight excluding hydrogens is 233 g/mol. The maximum absolute atomic E-state index is 13.0. The highest BCUT2D eigenvalue weighted by atomic mass is 79.9. The van der Waals surface area contributed by atoms with Crippen LogP contribution in [0, 0.1) is 18.2 Å². The second kappa shape index (κ2) is 5.00. The number of hydrogen-bond donors (Lipinski definition) is 1. The zero-order valence-corrected chi connectivity index (χ0v) is 8.57. The van der Waals surface area contributed by atoms with Crippen LogP contribution in [-0.2, 0) is 6.54 Å². The molecule has 0 spiro atoms. The molecule has 0 fully saturated rings. The first kappa shape index (κ1) is 10.2. The van der Waals surface area contributed by atoms with Crippen molar-refractivity contribution in [1.29, 1.82) is 0 Å². The number of rotatable bonds is 3. The van der Waals surface area contributed by atoms with Crippen LogP contribution in [-0.4, -0.2) is 6.54 Å². The van der Waals surface area contributed by atoms with Crippen LogP contribution in [0.4, 0.5) is 4.39 Å². The van der Waals surface area contributed by atoms with Crippen molar-refractivity contribution in [2.75, 3.05) is 6.54 Å². The van der Waals surface area contributed by atoms with Crippen LogP contribution in [0.1, 0.15) is 5.56 Å². The van der Waals surface area contributed by atoms with Crippen molar-refractivity contribution in [3.05, 3.63) is 34.1 Å². The van der Waals surface area contributed by atoms with E-state index in [0.717, 1.165) is 5.56 Å². The standard InChI is InChI=1S/C10H9BrFN/c1-2-5-13-7-8-3-4-9(11)10(12)6-8/h1,3-4,6,13H,5,7H2. The molecule has 0 radical (unpaired) electrons. The lowest BCUT2D eigenvalue weighted by molar-refractivity contribution is 0.616. The summed E-state index contributed by atoms with van der Waals surface area (Å²) in [6.45, 7) is 1.09. The molecule has 1 aromatic rings. The quantitative estimate of drug-likeness (QED) is 0.633. The maximum atomic E-state index is 13.0. The molecule has 0 atom stereocenters. The largest absolute Gasteiger partial charge is 0.302 e. The van der Waals surface area contributed by atoms with Crippen LogP contribution in [0.2, 0.25) is 0 Å². The molecular formula is C10H9BrFN. The van der Waals surface area contributed by atoms with Crippen molar-refractivity contribution >= 4 is 15.9 Å². The van der Waals surface area contributed by atoms with E-state index >= 15 is 0 Å². The lowest BCUT2D eigenvalue weighted by Crippen LogP contribution is -2.12. The van der Waals surface area contributed by atoms with Gasteiger partial charge < -0.3 is 5.32 Å². The Kier molecular flexibility index (Phi) is 3.94. The minimum Gasteiger partial charge on any atom is -0.302 e. The fourth-order valence-electron chi connectivity index (χ4n) is 0.929. The van der Waals surface area contributed by atoms with Crippen molar-refractivity contribution in [2.24, 2.45) is 0 Å². The van der Waals surface area contributed by atoms with Gasteiger partial charge in [0.15, 0.2) is 0 Å². The minimum absolute atomic E-state index is 0.250. The molecule has 0 aliphatic heterocycles. The summed E-state index contributed by atoms with van der Waals surface area (Å²) in [5.41, 5.74) is 0.885. The number of hydrogen-bond acceptors (Lipinski definition) is 1. The molecule has 0 heterocycles. The molecule has 0 saturated heterocycles. The van der Waals surface area contributed by atoms with E-state index in [0.29, 0.717) is 17.6 Å². The second-order valence-corrected chi connectivity index (χ2v) is 3.41. The molecule has 0 bridgehead atoms. The van der Waals surface area contributed by atoms with E-state index in [2.05, 4.69) is 27.2 Å². The average molecular weight is 242 g/mol. The van der Waals surface area contributed by atoms with Crippen LogP contribution in [0.15, 0.2) is 22.7 Å². The first-order chi connectivity index (χ1) is 6.24. The monoisotopic (exact) mass is 241 g/mol. The van der Waals surface area contributed by atoms with Gasteiger partial charge in [-0.1, -0.05) is 12.0 Å². The Morgan fingerprint density at radius 1 is 1.54 bits per heavy atom. The summed E-state index contributed by atoms with van der Waals surface area (Å²) >= 11 is 3.08. The van der Waals surface area contributed by atoms with E-state index in [4.69, 9.17) is 6.42 Å². The maximum Gasteiger partial charge on any atom is 0.137 e. The first-order valence-corrected chi connectivity index (χ1v) is 4.61. The van der Waals surface area contributed by atoms with Crippen molar-refractivity contribution in [2.45, 2.75) is 6.54 Å². The molecule has 1 rings (SSSR count). The zero-order chi connectivity index (χ0) is 9.68. The third-order valence-corrected chi connectivity index (χ3v) is 2.18. The number of benzene rings is 1. The number of terminal acetylenes is 1. The Morgan fingerprint density at radius 2 is 2.31 bits per heavy atom. The van der Waals surface area contributed by atoms with Crippen LogP contribution in [0.25, 0.3) is 0 Å². The average Bonchev–Trinajstić information content (AvgIpc) is 2.12. The third kappa shape index (κ3) is 3.17. The predicted molar refractivity (Wildman–Crippen MR) is 54.6 cm³/mol. The van der Waals surface area contributed by atoms with Crippen molar-refractivity contribution in [1.82, 2.24) is 5.32 Å². The fraction of sp³-hybridized carbons (Fsp3) is 0.200. The van der Waals surface area contributed by atoms with Gasteiger partial charge in [-0.25, -0.2) is 4.39 Å². The molecule has 1 aromatic carbocycles. The van der Waals surface area contributed by atoms with Gasteiger partial charge in [0.2, 0.25) is 0 Å². The number of nitrogens with one attached hydrogen (secondary N) is 1. The molecule has 3 heteroatoms. The zero-order valence-electron chi connectivity index (χ0n) is 6.98. The summed E-state index contributed by atoms with van der Waals surface area (Å²) in [6.07, 6.45) is 5.05.